The van der Waals surface area contributed by atoms with E-state index in [0.29, 0.717) is 25.1 Å². The summed E-state index contributed by atoms with van der Waals surface area (Å²) in [5, 5.41) is 3.12. The van der Waals surface area contributed by atoms with Gasteiger partial charge < -0.3 is 10.2 Å². The second-order valence-corrected chi connectivity index (χ2v) is 11.5. The smallest absolute Gasteiger partial charge is 0.243 e. The van der Waals surface area contributed by atoms with Gasteiger partial charge >= 0.3 is 0 Å². The lowest BCUT2D eigenvalue weighted by Crippen LogP contribution is -2.54. The molecule has 5 heteroatoms. The molecule has 2 amide bonds. The third kappa shape index (κ3) is 8.87. The number of hydrogen-bond donors (Lipinski definition) is 1. The van der Waals surface area contributed by atoms with Crippen molar-refractivity contribution < 1.29 is 9.59 Å². The predicted octanol–water partition coefficient (Wildman–Crippen LogP) is 6.34. The van der Waals surface area contributed by atoms with E-state index in [4.69, 9.17) is 0 Å². The number of amides is 2. The zero-order chi connectivity index (χ0) is 26.1. The number of carbonyl (C=O) groups excluding carboxylic acids is 2. The predicted molar refractivity (Wildman–Crippen MR) is 150 cm³/mol. The molecule has 0 saturated heterocycles. The molecule has 0 unspecified atom stereocenters. The fourth-order valence-electron chi connectivity index (χ4n) is 3.93. The molecular weight excluding hydrogens is 464 g/mol. The Bertz CT molecular complexity index is 1120. The quantitative estimate of drug-likeness (QED) is 0.329. The first-order valence-electron chi connectivity index (χ1n) is 12.5. The zero-order valence-electron chi connectivity index (χ0n) is 22.1. The normalized spacial score (nSPS) is 12.1. The van der Waals surface area contributed by atoms with Crippen molar-refractivity contribution >= 4 is 23.6 Å². The molecule has 190 valence electrons. The molecule has 0 heterocycles. The van der Waals surface area contributed by atoms with Gasteiger partial charge in [-0.2, -0.15) is 0 Å². The molecule has 0 radical (unpaired) electrons. The van der Waals surface area contributed by atoms with Gasteiger partial charge in [-0.1, -0.05) is 77.9 Å². The second-order valence-electron chi connectivity index (χ2n) is 10.4. The van der Waals surface area contributed by atoms with Gasteiger partial charge in [0.25, 0.3) is 0 Å². The topological polar surface area (TPSA) is 49.4 Å². The Morgan fingerprint density at radius 2 is 1.42 bits per heavy atom. The lowest BCUT2D eigenvalue weighted by atomic mass is 10.0. The van der Waals surface area contributed by atoms with E-state index >= 15 is 0 Å². The van der Waals surface area contributed by atoms with E-state index < -0.39 is 11.6 Å². The average molecular weight is 503 g/mol. The van der Waals surface area contributed by atoms with E-state index in [9.17, 15) is 9.59 Å². The zero-order valence-corrected chi connectivity index (χ0v) is 22.9. The van der Waals surface area contributed by atoms with Gasteiger partial charge in [-0.3, -0.25) is 9.59 Å². The molecule has 3 aromatic rings. The minimum Gasteiger partial charge on any atom is -0.350 e. The van der Waals surface area contributed by atoms with Gasteiger partial charge in [0.05, 0.1) is 0 Å². The molecule has 36 heavy (non-hydrogen) atoms. The van der Waals surface area contributed by atoms with E-state index in [1.54, 1.807) is 16.7 Å². The highest BCUT2D eigenvalue weighted by atomic mass is 32.2. The van der Waals surface area contributed by atoms with Gasteiger partial charge in [0.15, 0.2) is 0 Å². The molecule has 0 saturated carbocycles. The number of rotatable bonds is 10. The third-order valence-corrected chi connectivity index (χ3v) is 6.86. The fraction of sp³-hybridized carbons (Fsp3) is 0.355. The second kappa shape index (κ2) is 12.8. The number of thioether (sulfide) groups is 1. The number of carbonyl (C=O) groups is 2. The molecule has 0 spiro atoms. The first-order chi connectivity index (χ1) is 17.1. The number of aryl methyl sites for hydroxylation is 2. The molecule has 1 atom stereocenters. The average Bonchev–Trinajstić information content (AvgIpc) is 2.83. The highest BCUT2D eigenvalue weighted by molar-refractivity contribution is 7.99. The van der Waals surface area contributed by atoms with Gasteiger partial charge in [0, 0.05) is 35.6 Å². The number of nitrogens with one attached hydrogen (secondary N) is 1. The first-order valence-corrected chi connectivity index (χ1v) is 13.5. The van der Waals surface area contributed by atoms with E-state index in [1.807, 2.05) is 82.3 Å². The van der Waals surface area contributed by atoms with Crippen LogP contribution in [0.4, 0.5) is 0 Å². The molecule has 0 aliphatic rings. The van der Waals surface area contributed by atoms with Crippen molar-refractivity contribution in [1.82, 2.24) is 10.2 Å². The molecule has 3 rings (SSSR count). The van der Waals surface area contributed by atoms with Crippen molar-refractivity contribution in [1.29, 1.82) is 0 Å². The van der Waals surface area contributed by atoms with Crippen molar-refractivity contribution in [3.63, 3.8) is 0 Å². The molecule has 4 nitrogen and oxygen atoms in total. The van der Waals surface area contributed by atoms with Gasteiger partial charge in [0.2, 0.25) is 11.8 Å². The summed E-state index contributed by atoms with van der Waals surface area (Å²) in [6.07, 6.45) is 0.823. The summed E-state index contributed by atoms with van der Waals surface area (Å²) < 4.78 is 0. The molecule has 0 aliphatic carbocycles. The maximum absolute atomic E-state index is 13.7. The minimum atomic E-state index is -0.607. The van der Waals surface area contributed by atoms with E-state index in [2.05, 4.69) is 36.5 Å². The lowest BCUT2D eigenvalue weighted by molar-refractivity contribution is -0.141. The van der Waals surface area contributed by atoms with Crippen LogP contribution in [0.15, 0.2) is 83.8 Å². The molecule has 0 bridgehead atoms. The summed E-state index contributed by atoms with van der Waals surface area (Å²) in [6.45, 7) is 10.4. The Morgan fingerprint density at radius 3 is 2.00 bits per heavy atom. The van der Waals surface area contributed by atoms with Crippen LogP contribution in [0.2, 0.25) is 0 Å². The highest BCUT2D eigenvalue weighted by Gasteiger charge is 2.32. The maximum Gasteiger partial charge on any atom is 0.243 e. The summed E-state index contributed by atoms with van der Waals surface area (Å²) in [7, 11) is 0. The third-order valence-electron chi connectivity index (χ3n) is 5.85. The van der Waals surface area contributed by atoms with Crippen LogP contribution in [0.25, 0.3) is 0 Å². The van der Waals surface area contributed by atoms with Crippen molar-refractivity contribution in [2.45, 2.75) is 70.5 Å². The van der Waals surface area contributed by atoms with Crippen LogP contribution >= 0.6 is 11.8 Å². The molecule has 0 aromatic heterocycles. The maximum atomic E-state index is 13.7. The van der Waals surface area contributed by atoms with Crippen LogP contribution in [-0.4, -0.2) is 34.0 Å². The standard InChI is InChI=1S/C31H38N2O2S/c1-23-11-15-26(16-12-23)22-33(29(34)19-20-36-27-17-13-24(2)14-18-27)28(30(35)32-31(3,4)5)21-25-9-7-6-8-10-25/h6-18,28H,19-22H2,1-5H3,(H,32,35)/t28-/m0/s1. The van der Waals surface area contributed by atoms with E-state index in [0.717, 1.165) is 21.6 Å². The lowest BCUT2D eigenvalue weighted by Gasteiger charge is -2.34. The summed E-state index contributed by atoms with van der Waals surface area (Å²) in [5.41, 5.74) is 4.03. The Labute approximate surface area is 220 Å². The van der Waals surface area contributed by atoms with E-state index in [1.165, 1.54) is 5.56 Å². The Balaban J connectivity index is 1.85. The van der Waals surface area contributed by atoms with Crippen LogP contribution in [0.5, 0.6) is 0 Å². The summed E-state index contributed by atoms with van der Waals surface area (Å²) >= 11 is 1.67. The number of nitrogens with zero attached hydrogens (tertiary/aromatic N) is 1. The summed E-state index contributed by atoms with van der Waals surface area (Å²) in [6, 6.07) is 25.8. The monoisotopic (exact) mass is 502 g/mol. The molecule has 1 N–H and O–H groups in total. The van der Waals surface area contributed by atoms with Crippen LogP contribution in [0.1, 0.15) is 49.4 Å². The van der Waals surface area contributed by atoms with Crippen LogP contribution in [0, 0.1) is 13.8 Å². The van der Waals surface area contributed by atoms with E-state index in [-0.39, 0.29) is 11.8 Å². The Morgan fingerprint density at radius 1 is 0.833 bits per heavy atom. The highest BCUT2D eigenvalue weighted by Crippen LogP contribution is 2.22. The number of benzene rings is 3. The molecule has 3 aromatic carbocycles. The van der Waals surface area contributed by atoms with Crippen LogP contribution in [-0.2, 0) is 22.6 Å². The SMILES string of the molecule is Cc1ccc(CN(C(=O)CCSc2ccc(C)cc2)[C@@H](Cc2ccccc2)C(=O)NC(C)(C)C)cc1. The van der Waals surface area contributed by atoms with Crippen molar-refractivity contribution in [3.8, 4) is 0 Å². The Hall–Kier alpha value is -3.05. The van der Waals surface area contributed by atoms with Crippen LogP contribution in [0.3, 0.4) is 0 Å². The molecule has 0 aliphatic heterocycles. The van der Waals surface area contributed by atoms with Crippen molar-refractivity contribution in [2.24, 2.45) is 0 Å². The minimum absolute atomic E-state index is 0.0137. The summed E-state index contributed by atoms with van der Waals surface area (Å²) in [5.74, 6) is 0.517. The van der Waals surface area contributed by atoms with Crippen LogP contribution < -0.4 is 5.32 Å². The van der Waals surface area contributed by atoms with Gasteiger partial charge in [-0.25, -0.2) is 0 Å². The van der Waals surface area contributed by atoms with Crippen molar-refractivity contribution in [2.75, 3.05) is 5.75 Å². The van der Waals surface area contributed by atoms with Gasteiger partial charge in [0.1, 0.15) is 6.04 Å². The van der Waals surface area contributed by atoms with Crippen molar-refractivity contribution in [3.05, 3.63) is 101 Å². The summed E-state index contributed by atoms with van der Waals surface area (Å²) in [4.78, 5) is 30.2. The van der Waals surface area contributed by atoms with Gasteiger partial charge in [-0.15, -0.1) is 11.8 Å². The molecule has 0 fully saturated rings. The van der Waals surface area contributed by atoms with Gasteiger partial charge in [-0.05, 0) is 57.9 Å². The largest absolute Gasteiger partial charge is 0.350 e. The fourth-order valence-corrected chi connectivity index (χ4v) is 4.77. The number of hydrogen-bond acceptors (Lipinski definition) is 3. The first kappa shape index (κ1) is 27.5. The Kier molecular flexibility index (Phi) is 9.77. The molecular formula is C31H38N2O2S.